The highest BCUT2D eigenvalue weighted by Crippen LogP contribution is 2.28. The molecule has 0 fully saturated rings. The molecule has 6 rings (SSSR count). The van der Waals surface area contributed by atoms with Gasteiger partial charge in [-0.3, -0.25) is 5.84 Å². The Morgan fingerprint density at radius 3 is 2.36 bits per heavy atom. The molecule has 0 atom stereocenters. The van der Waals surface area contributed by atoms with E-state index in [2.05, 4.69) is 28.2 Å². The van der Waals surface area contributed by atoms with E-state index >= 15 is 0 Å². The van der Waals surface area contributed by atoms with Crippen LogP contribution in [0.5, 0.6) is 0 Å². The van der Waals surface area contributed by atoms with Gasteiger partial charge >= 0.3 is 0 Å². The van der Waals surface area contributed by atoms with Crippen LogP contribution in [0.15, 0.2) is 42.7 Å². The van der Waals surface area contributed by atoms with Gasteiger partial charge in [-0.05, 0) is 65.8 Å². The summed E-state index contributed by atoms with van der Waals surface area (Å²) in [7, 11) is 0. The summed E-state index contributed by atoms with van der Waals surface area (Å²) in [6, 6.07) is 7.86. The molecule has 0 saturated carbocycles. The number of halogens is 3. The second-order valence-electron chi connectivity index (χ2n) is 9.76. The molecule has 2 aromatic carbocycles. The Morgan fingerprint density at radius 1 is 0.722 bits per heavy atom. The van der Waals surface area contributed by atoms with E-state index in [0.717, 1.165) is 24.6 Å². The van der Waals surface area contributed by atoms with E-state index in [-0.39, 0.29) is 18.2 Å². The number of nitrogens with zero attached hydrogens (tertiary/aromatic N) is 4. The Hall–Kier alpha value is -3.18. The number of hydrogen-bond donors (Lipinski definition) is 3. The summed E-state index contributed by atoms with van der Waals surface area (Å²) in [5.74, 6) is 4.93. The topological polar surface area (TPSA) is 63.7 Å². The lowest BCUT2D eigenvalue weighted by Gasteiger charge is -2.31. The summed E-state index contributed by atoms with van der Waals surface area (Å²) < 4.78 is 45.3. The zero-order chi connectivity index (χ0) is 24.8. The van der Waals surface area contributed by atoms with Gasteiger partial charge in [-0.15, -0.1) is 5.53 Å². The quantitative estimate of drug-likeness (QED) is 0.381. The Bertz CT molecular complexity index is 1320. The Kier molecular flexibility index (Phi) is 6.04. The Balaban J connectivity index is 1.16. The molecule has 0 spiro atoms. The number of aromatic nitrogens is 1. The molecule has 0 saturated heterocycles. The predicted octanol–water partition coefficient (Wildman–Crippen LogP) is 2.53. The highest BCUT2D eigenvalue weighted by Gasteiger charge is 2.26. The zero-order valence-corrected chi connectivity index (χ0v) is 19.9. The number of hydrazine groups is 3. The van der Waals surface area contributed by atoms with Gasteiger partial charge in [0, 0.05) is 56.5 Å². The van der Waals surface area contributed by atoms with Crippen LogP contribution in [-0.4, -0.2) is 34.7 Å². The molecule has 3 aliphatic rings. The van der Waals surface area contributed by atoms with Gasteiger partial charge < -0.3 is 5.43 Å². The van der Waals surface area contributed by atoms with Crippen LogP contribution in [0.2, 0.25) is 0 Å². The largest absolute Gasteiger partial charge is 0.318 e. The first-order valence-electron chi connectivity index (χ1n) is 12.3. The van der Waals surface area contributed by atoms with Crippen molar-refractivity contribution >= 4 is 5.69 Å². The van der Waals surface area contributed by atoms with Crippen LogP contribution in [0.3, 0.4) is 0 Å². The standard InChI is InChI=1S/C26H29F3N7/c27-24-1-2-25(28)23-16-34(9-6-22(23)24)31-20-11-18-14-36(10-5-21(18)26(29)12-20)32-35-8-4-17-3-7-33(30)13-19(17)15-35/h1-2,4,8,11-12,15,31-32H,3,5-7,9-10,13-14,16,30H2/q+1. The first-order chi connectivity index (χ1) is 17.4. The minimum absolute atomic E-state index is 0.209. The van der Waals surface area contributed by atoms with E-state index in [1.165, 1.54) is 23.3 Å². The third-order valence-corrected chi connectivity index (χ3v) is 7.31. The summed E-state index contributed by atoms with van der Waals surface area (Å²) in [5.41, 5.74) is 12.1. The van der Waals surface area contributed by atoms with Crippen molar-refractivity contribution in [1.29, 1.82) is 0 Å². The monoisotopic (exact) mass is 496 g/mol. The van der Waals surface area contributed by atoms with Gasteiger partial charge in [0.2, 0.25) is 12.4 Å². The molecule has 3 aliphatic heterocycles. The van der Waals surface area contributed by atoms with Gasteiger partial charge in [-0.25, -0.2) is 23.2 Å². The molecule has 1 aromatic heterocycles. The van der Waals surface area contributed by atoms with E-state index in [0.29, 0.717) is 61.4 Å². The van der Waals surface area contributed by atoms with Crippen LogP contribution in [0.25, 0.3) is 0 Å². The van der Waals surface area contributed by atoms with Gasteiger partial charge in [-0.1, -0.05) is 4.68 Å². The fourth-order valence-electron chi connectivity index (χ4n) is 5.41. The molecule has 0 bridgehead atoms. The number of hydrogen-bond acceptors (Lipinski definition) is 6. The molecule has 4 N–H and O–H groups in total. The number of benzene rings is 2. The van der Waals surface area contributed by atoms with Crippen molar-refractivity contribution in [1.82, 2.24) is 15.0 Å². The maximum Gasteiger partial charge on any atom is 0.205 e. The van der Waals surface area contributed by atoms with Crippen molar-refractivity contribution in [3.63, 3.8) is 0 Å². The number of anilines is 1. The zero-order valence-electron chi connectivity index (χ0n) is 19.9. The van der Waals surface area contributed by atoms with E-state index in [4.69, 9.17) is 5.84 Å². The second-order valence-corrected chi connectivity index (χ2v) is 9.76. The Labute approximate surface area is 207 Å². The number of nitrogens with two attached hydrogens (primary N) is 1. The lowest BCUT2D eigenvalue weighted by Crippen LogP contribution is -2.55. The molecule has 188 valence electrons. The molecule has 0 unspecified atom stereocenters. The molecule has 10 heteroatoms. The first kappa shape index (κ1) is 23.2. The maximum absolute atomic E-state index is 15.0. The van der Waals surface area contributed by atoms with Crippen molar-refractivity contribution in [2.45, 2.75) is 38.9 Å². The van der Waals surface area contributed by atoms with Gasteiger partial charge in [-0.2, -0.15) is 5.01 Å². The van der Waals surface area contributed by atoms with Gasteiger partial charge in [0.05, 0.1) is 5.69 Å². The van der Waals surface area contributed by atoms with Gasteiger partial charge in [0.25, 0.3) is 0 Å². The predicted molar refractivity (Wildman–Crippen MR) is 129 cm³/mol. The molecule has 36 heavy (non-hydrogen) atoms. The molecule has 0 aliphatic carbocycles. The van der Waals surface area contributed by atoms with Crippen LogP contribution < -0.4 is 21.5 Å². The second kappa shape index (κ2) is 9.36. The number of nitrogens with one attached hydrogen (secondary N) is 2. The average molecular weight is 497 g/mol. The van der Waals surface area contributed by atoms with E-state index in [9.17, 15) is 13.2 Å². The third kappa shape index (κ3) is 4.53. The Morgan fingerprint density at radius 2 is 1.50 bits per heavy atom. The fourth-order valence-corrected chi connectivity index (χ4v) is 5.41. The molecular weight excluding hydrogens is 467 g/mol. The number of pyridine rings is 1. The van der Waals surface area contributed by atoms with Gasteiger partial charge in [0.15, 0.2) is 0 Å². The van der Waals surface area contributed by atoms with Gasteiger partial charge in [0.1, 0.15) is 17.5 Å². The summed E-state index contributed by atoms with van der Waals surface area (Å²) in [6.07, 6.45) is 5.95. The van der Waals surface area contributed by atoms with Crippen molar-refractivity contribution in [3.05, 3.63) is 93.6 Å². The third-order valence-electron chi connectivity index (χ3n) is 7.31. The minimum atomic E-state index is -0.421. The fraction of sp³-hybridized carbons (Fsp3) is 0.346. The van der Waals surface area contributed by atoms with Crippen LogP contribution in [0.1, 0.15) is 33.4 Å². The lowest BCUT2D eigenvalue weighted by atomic mass is 9.98. The number of fused-ring (bicyclic) bond motifs is 3. The SMILES string of the molecule is NN1CCc2cc[n+](NN3CCc4c(F)cc(NN5CCc6c(F)ccc(F)c6C5)cc4C3)cc2C1. The van der Waals surface area contributed by atoms with E-state index < -0.39 is 5.82 Å². The van der Waals surface area contributed by atoms with E-state index in [1.54, 1.807) is 5.01 Å². The highest BCUT2D eigenvalue weighted by molar-refractivity contribution is 5.50. The summed E-state index contributed by atoms with van der Waals surface area (Å²) in [5, 5.41) is 5.66. The van der Waals surface area contributed by atoms with Crippen LogP contribution in [0, 0.1) is 17.5 Å². The molecule has 4 heterocycles. The smallest absolute Gasteiger partial charge is 0.205 e. The van der Waals surface area contributed by atoms with Crippen LogP contribution in [0.4, 0.5) is 18.9 Å². The van der Waals surface area contributed by atoms with Crippen LogP contribution in [-0.2, 0) is 38.9 Å². The summed E-state index contributed by atoms with van der Waals surface area (Å²) >= 11 is 0. The first-order valence-corrected chi connectivity index (χ1v) is 12.3. The lowest BCUT2D eigenvalue weighted by molar-refractivity contribution is -0.668. The van der Waals surface area contributed by atoms with Crippen molar-refractivity contribution in [2.24, 2.45) is 5.84 Å². The normalized spacial score (nSPS) is 18.3. The molecule has 0 radical (unpaired) electrons. The van der Waals surface area contributed by atoms with E-state index in [1.807, 2.05) is 21.9 Å². The average Bonchev–Trinajstić information content (AvgIpc) is 2.86. The summed E-state index contributed by atoms with van der Waals surface area (Å²) in [6.45, 7) is 3.45. The van der Waals surface area contributed by atoms with Crippen molar-refractivity contribution in [3.8, 4) is 0 Å². The summed E-state index contributed by atoms with van der Waals surface area (Å²) in [4.78, 5) is 0. The molecular formula is C26H29F3N7+. The maximum atomic E-state index is 15.0. The minimum Gasteiger partial charge on any atom is -0.318 e. The highest BCUT2D eigenvalue weighted by atomic mass is 19.1. The van der Waals surface area contributed by atoms with Crippen LogP contribution >= 0.6 is 0 Å². The molecule has 7 nitrogen and oxygen atoms in total. The van der Waals surface area contributed by atoms with Crippen molar-refractivity contribution < 1.29 is 17.8 Å². The van der Waals surface area contributed by atoms with Crippen molar-refractivity contribution in [2.75, 3.05) is 30.6 Å². The molecule has 3 aromatic rings. The number of rotatable bonds is 4. The molecule has 0 amide bonds.